The summed E-state index contributed by atoms with van der Waals surface area (Å²) in [6.45, 7) is 0. The lowest BCUT2D eigenvalue weighted by Crippen LogP contribution is -2.15. The molecule has 3 N–H and O–H groups in total. The monoisotopic (exact) mass is 346 g/mol. The molecule has 0 aliphatic heterocycles. The molecule has 0 spiro atoms. The van der Waals surface area contributed by atoms with Gasteiger partial charge >= 0.3 is 0 Å². The highest BCUT2D eigenvalue weighted by Crippen LogP contribution is 2.31. The van der Waals surface area contributed by atoms with E-state index in [9.17, 15) is 8.42 Å². The van der Waals surface area contributed by atoms with Gasteiger partial charge in [0.05, 0.1) is 28.5 Å². The molecule has 112 valence electrons. The summed E-state index contributed by atoms with van der Waals surface area (Å²) in [5, 5.41) is 0.418. The molecule has 0 fully saturated rings. The van der Waals surface area contributed by atoms with Crippen molar-refractivity contribution in [3.63, 3.8) is 0 Å². The molecule has 8 heteroatoms. The highest BCUT2D eigenvalue weighted by Gasteiger charge is 2.21. The summed E-state index contributed by atoms with van der Waals surface area (Å²) in [6, 6.07) is 8.98. The number of sulfonamides is 1. The smallest absolute Gasteiger partial charge is 0.265 e. The fourth-order valence-electron chi connectivity index (χ4n) is 1.74. The predicted octanol–water partition coefficient (Wildman–Crippen LogP) is 3.39. The van der Waals surface area contributed by atoms with Crippen LogP contribution in [0.15, 0.2) is 41.3 Å². The Labute approximate surface area is 132 Å². The maximum atomic E-state index is 12.4. The third kappa shape index (κ3) is 3.34. The third-order valence-corrected chi connectivity index (χ3v) is 4.91. The number of nitrogens with one attached hydrogen (secondary N) is 1. The Morgan fingerprint density at radius 1 is 1.14 bits per heavy atom. The molecule has 0 atom stereocenters. The molecule has 0 radical (unpaired) electrons. The highest BCUT2D eigenvalue weighted by molar-refractivity contribution is 7.93. The first-order chi connectivity index (χ1) is 9.85. The molecule has 2 rings (SSSR count). The Bertz CT molecular complexity index is 759. The number of hydrogen-bond donors (Lipinski definition) is 2. The lowest BCUT2D eigenvalue weighted by atomic mass is 10.3. The second kappa shape index (κ2) is 6.01. The number of nitrogen functional groups attached to an aromatic ring is 1. The minimum atomic E-state index is -3.92. The highest BCUT2D eigenvalue weighted by atomic mass is 35.5. The number of ether oxygens (including phenoxy) is 1. The zero-order valence-corrected chi connectivity index (χ0v) is 13.3. The van der Waals surface area contributed by atoms with Crippen molar-refractivity contribution in [1.29, 1.82) is 0 Å². The quantitative estimate of drug-likeness (QED) is 0.831. The van der Waals surface area contributed by atoms with Gasteiger partial charge in [-0.3, -0.25) is 4.72 Å². The van der Waals surface area contributed by atoms with Gasteiger partial charge in [-0.2, -0.15) is 0 Å². The Hall–Kier alpha value is -1.63. The van der Waals surface area contributed by atoms with Crippen molar-refractivity contribution in [2.24, 2.45) is 0 Å². The van der Waals surface area contributed by atoms with E-state index >= 15 is 0 Å². The number of methoxy groups -OCH3 is 1. The van der Waals surface area contributed by atoms with Crippen LogP contribution in [0.1, 0.15) is 0 Å². The molecule has 2 aromatic carbocycles. The number of benzene rings is 2. The third-order valence-electron chi connectivity index (χ3n) is 2.67. The Morgan fingerprint density at radius 2 is 1.86 bits per heavy atom. The average molecular weight is 347 g/mol. The van der Waals surface area contributed by atoms with Crippen LogP contribution in [0.3, 0.4) is 0 Å². The van der Waals surface area contributed by atoms with Crippen LogP contribution in [0.4, 0.5) is 11.4 Å². The molecule has 2 aromatic rings. The van der Waals surface area contributed by atoms with Gasteiger partial charge in [0.1, 0.15) is 10.6 Å². The fourth-order valence-corrected chi connectivity index (χ4v) is 3.66. The van der Waals surface area contributed by atoms with Gasteiger partial charge in [0.15, 0.2) is 0 Å². The van der Waals surface area contributed by atoms with Gasteiger partial charge in [-0.05, 0) is 24.3 Å². The minimum Gasteiger partial charge on any atom is -0.495 e. The van der Waals surface area contributed by atoms with E-state index in [2.05, 4.69) is 4.72 Å². The second-order valence-electron chi connectivity index (χ2n) is 4.11. The number of anilines is 2. The standard InChI is InChI=1S/C13H12Cl2N2O3S/c1-20-12-7-8(5-6-9(12)14)17-21(18,19)13-10(15)3-2-4-11(13)16/h2-7,17H,16H2,1H3. The van der Waals surface area contributed by atoms with Crippen LogP contribution in [0.25, 0.3) is 0 Å². The van der Waals surface area contributed by atoms with Crippen molar-refractivity contribution in [3.05, 3.63) is 46.4 Å². The molecule has 5 nitrogen and oxygen atoms in total. The molecule has 0 saturated carbocycles. The Kier molecular flexibility index (Phi) is 4.51. The summed E-state index contributed by atoms with van der Waals surface area (Å²) in [7, 11) is -2.48. The van der Waals surface area contributed by atoms with Gasteiger partial charge in [-0.25, -0.2) is 8.42 Å². The second-order valence-corrected chi connectivity index (χ2v) is 6.55. The van der Waals surface area contributed by atoms with Crippen molar-refractivity contribution < 1.29 is 13.2 Å². The van der Waals surface area contributed by atoms with E-state index in [1.807, 2.05) is 0 Å². The SMILES string of the molecule is COc1cc(NS(=O)(=O)c2c(N)cccc2Cl)ccc1Cl. The maximum Gasteiger partial charge on any atom is 0.265 e. The first-order valence-electron chi connectivity index (χ1n) is 5.75. The van der Waals surface area contributed by atoms with E-state index in [0.29, 0.717) is 10.8 Å². The summed E-state index contributed by atoms with van der Waals surface area (Å²) in [4.78, 5) is -0.166. The number of nitrogens with two attached hydrogens (primary N) is 1. The van der Waals surface area contributed by atoms with Crippen molar-refractivity contribution in [2.45, 2.75) is 4.90 Å². The summed E-state index contributed by atoms with van der Waals surface area (Å²) >= 11 is 11.8. The van der Waals surface area contributed by atoms with Gasteiger partial charge in [0.25, 0.3) is 10.0 Å². The zero-order valence-electron chi connectivity index (χ0n) is 10.9. The maximum absolute atomic E-state index is 12.4. The van der Waals surface area contributed by atoms with Crippen molar-refractivity contribution in [2.75, 3.05) is 17.6 Å². The van der Waals surface area contributed by atoms with E-state index in [0.717, 1.165) is 0 Å². The largest absolute Gasteiger partial charge is 0.495 e. The summed E-state index contributed by atoms with van der Waals surface area (Å²) in [6.07, 6.45) is 0. The van der Waals surface area contributed by atoms with Crippen LogP contribution < -0.4 is 15.2 Å². The van der Waals surface area contributed by atoms with Crippen molar-refractivity contribution in [1.82, 2.24) is 0 Å². The average Bonchev–Trinajstić information content (AvgIpc) is 2.40. The molecule has 0 bridgehead atoms. The summed E-state index contributed by atoms with van der Waals surface area (Å²) in [5.41, 5.74) is 6.05. The van der Waals surface area contributed by atoms with Gasteiger partial charge in [-0.1, -0.05) is 29.3 Å². The van der Waals surface area contributed by atoms with Gasteiger partial charge < -0.3 is 10.5 Å². The van der Waals surface area contributed by atoms with Gasteiger partial charge in [0.2, 0.25) is 0 Å². The topological polar surface area (TPSA) is 81.4 Å². The number of halogens is 2. The van der Waals surface area contributed by atoms with E-state index in [4.69, 9.17) is 33.7 Å². The van der Waals surface area contributed by atoms with Gasteiger partial charge in [0, 0.05) is 6.07 Å². The Morgan fingerprint density at radius 3 is 2.48 bits per heavy atom. The van der Waals surface area contributed by atoms with Crippen LogP contribution in [-0.2, 0) is 10.0 Å². The van der Waals surface area contributed by atoms with Crippen molar-refractivity contribution in [3.8, 4) is 5.75 Å². The molecule has 0 aromatic heterocycles. The van der Waals surface area contributed by atoms with E-state index < -0.39 is 10.0 Å². The summed E-state index contributed by atoms with van der Waals surface area (Å²) in [5.74, 6) is 0.351. The number of rotatable bonds is 4. The first kappa shape index (κ1) is 15.8. The van der Waals surface area contributed by atoms with Crippen LogP contribution in [0, 0.1) is 0 Å². The van der Waals surface area contributed by atoms with E-state index in [1.165, 1.54) is 37.4 Å². The lowest BCUT2D eigenvalue weighted by molar-refractivity contribution is 0.415. The van der Waals surface area contributed by atoms with Crippen LogP contribution >= 0.6 is 23.2 Å². The molecule has 0 aliphatic rings. The Balaban J connectivity index is 2.43. The van der Waals surface area contributed by atoms with Crippen LogP contribution in [0.5, 0.6) is 5.75 Å². The minimum absolute atomic E-state index is 0.0448. The van der Waals surface area contributed by atoms with E-state index in [1.54, 1.807) is 6.07 Å². The molecular weight excluding hydrogens is 335 g/mol. The normalized spacial score (nSPS) is 11.2. The number of hydrogen-bond acceptors (Lipinski definition) is 4. The molecule has 0 amide bonds. The molecule has 0 heterocycles. The molecule has 21 heavy (non-hydrogen) atoms. The molecule has 0 unspecified atom stereocenters. The molecule has 0 saturated heterocycles. The lowest BCUT2D eigenvalue weighted by Gasteiger charge is -2.12. The first-order valence-corrected chi connectivity index (χ1v) is 7.99. The predicted molar refractivity (Wildman–Crippen MR) is 84.7 cm³/mol. The van der Waals surface area contributed by atoms with Crippen LogP contribution in [0.2, 0.25) is 10.0 Å². The molecular formula is C13H12Cl2N2O3S. The summed E-state index contributed by atoms with van der Waals surface area (Å²) < 4.78 is 32.2. The van der Waals surface area contributed by atoms with E-state index in [-0.39, 0.29) is 21.3 Å². The zero-order chi connectivity index (χ0) is 15.6. The molecule has 0 aliphatic carbocycles. The van der Waals surface area contributed by atoms with Crippen LogP contribution in [-0.4, -0.2) is 15.5 Å². The fraction of sp³-hybridized carbons (Fsp3) is 0.0769. The van der Waals surface area contributed by atoms with Gasteiger partial charge in [-0.15, -0.1) is 0 Å². The van der Waals surface area contributed by atoms with Crippen molar-refractivity contribution >= 4 is 44.6 Å².